The maximum Gasteiger partial charge on any atom is 0.226 e. The molecule has 0 unspecified atom stereocenters. The monoisotopic (exact) mass is 395 g/mol. The molecule has 1 aromatic carbocycles. The van der Waals surface area contributed by atoms with Gasteiger partial charge in [-0.3, -0.25) is 4.79 Å². The van der Waals surface area contributed by atoms with Crippen molar-refractivity contribution in [2.24, 2.45) is 5.92 Å². The van der Waals surface area contributed by atoms with E-state index in [2.05, 4.69) is 29.3 Å². The van der Waals surface area contributed by atoms with Crippen LogP contribution < -0.4 is 0 Å². The number of rotatable bonds is 6. The smallest absolute Gasteiger partial charge is 0.226 e. The fourth-order valence-corrected chi connectivity index (χ4v) is 5.79. The first-order chi connectivity index (χ1) is 13.7. The van der Waals surface area contributed by atoms with Gasteiger partial charge in [-0.05, 0) is 42.9 Å². The fraction of sp³-hybridized carbons (Fsp3) is 0.565. The number of carbonyl (C=O) groups is 1. The molecule has 2 saturated carbocycles. The highest BCUT2D eigenvalue weighted by Gasteiger charge is 2.46. The summed E-state index contributed by atoms with van der Waals surface area (Å²) < 4.78 is 0. The van der Waals surface area contributed by atoms with E-state index in [-0.39, 0.29) is 17.7 Å². The second-order valence-corrected chi connectivity index (χ2v) is 9.57. The van der Waals surface area contributed by atoms with Gasteiger partial charge in [0.25, 0.3) is 0 Å². The number of amides is 1. The Balaban J connectivity index is 1.23. The number of carbonyl (C=O) groups excluding carboxylic acids is 1. The van der Waals surface area contributed by atoms with Crippen molar-refractivity contribution < 1.29 is 4.79 Å². The van der Waals surface area contributed by atoms with Crippen LogP contribution in [-0.2, 0) is 4.79 Å². The summed E-state index contributed by atoms with van der Waals surface area (Å²) in [6.45, 7) is 7.70. The number of benzene rings is 1. The Kier molecular flexibility index (Phi) is 5.96. The first-order valence-electron chi connectivity index (χ1n) is 10.5. The predicted molar refractivity (Wildman–Crippen MR) is 114 cm³/mol. The summed E-state index contributed by atoms with van der Waals surface area (Å²) in [7, 11) is 0. The molecule has 1 heterocycles. The summed E-state index contributed by atoms with van der Waals surface area (Å²) in [5.41, 5.74) is 3.04. The van der Waals surface area contributed by atoms with Gasteiger partial charge in [0, 0.05) is 48.8 Å². The number of thioether (sulfide) groups is 1. The third kappa shape index (κ3) is 4.38. The van der Waals surface area contributed by atoms with Crippen LogP contribution in [0.3, 0.4) is 0 Å². The van der Waals surface area contributed by atoms with Gasteiger partial charge in [0.05, 0.1) is 11.6 Å². The van der Waals surface area contributed by atoms with Crippen molar-refractivity contribution in [1.82, 2.24) is 9.80 Å². The second kappa shape index (κ2) is 8.61. The molecule has 0 N–H and O–H groups in total. The van der Waals surface area contributed by atoms with Crippen LogP contribution in [-0.4, -0.2) is 52.9 Å². The van der Waals surface area contributed by atoms with Crippen molar-refractivity contribution in [1.29, 1.82) is 5.26 Å². The van der Waals surface area contributed by atoms with Crippen LogP contribution in [0.25, 0.3) is 0 Å². The summed E-state index contributed by atoms with van der Waals surface area (Å²) in [5.74, 6) is 1.70. The van der Waals surface area contributed by atoms with Crippen molar-refractivity contribution in [3.05, 3.63) is 47.7 Å². The lowest BCUT2D eigenvalue weighted by Gasteiger charge is -2.37. The van der Waals surface area contributed by atoms with E-state index in [1.807, 2.05) is 29.2 Å². The molecule has 4 rings (SSSR count). The number of nitrogens with zero attached hydrogens (tertiary/aromatic N) is 3. The van der Waals surface area contributed by atoms with Gasteiger partial charge in [0.1, 0.15) is 0 Å². The van der Waals surface area contributed by atoms with E-state index in [0.717, 1.165) is 49.2 Å². The van der Waals surface area contributed by atoms with Crippen molar-refractivity contribution in [3.63, 3.8) is 0 Å². The molecule has 0 spiro atoms. The van der Waals surface area contributed by atoms with Crippen molar-refractivity contribution in [2.75, 3.05) is 31.9 Å². The van der Waals surface area contributed by atoms with E-state index >= 15 is 0 Å². The predicted octanol–water partition coefficient (Wildman–Crippen LogP) is 4.00. The lowest BCUT2D eigenvalue weighted by atomic mass is 10.1. The number of nitriles is 1. The maximum absolute atomic E-state index is 12.9. The molecule has 28 heavy (non-hydrogen) atoms. The molecular weight excluding hydrogens is 366 g/mol. The van der Waals surface area contributed by atoms with Gasteiger partial charge < -0.3 is 9.80 Å². The zero-order chi connectivity index (χ0) is 19.5. The molecule has 0 aromatic heterocycles. The van der Waals surface area contributed by atoms with Crippen molar-refractivity contribution in [3.8, 4) is 6.07 Å². The Bertz CT molecular complexity index is 772. The fourth-order valence-electron chi connectivity index (χ4n) is 4.51. The number of piperazine rings is 1. The van der Waals surface area contributed by atoms with Gasteiger partial charge in [-0.2, -0.15) is 17.0 Å². The van der Waals surface area contributed by atoms with E-state index in [1.54, 1.807) is 0 Å². The third-order valence-electron chi connectivity index (χ3n) is 6.38. The maximum atomic E-state index is 12.9. The van der Waals surface area contributed by atoms with Gasteiger partial charge in [0.15, 0.2) is 0 Å². The molecule has 3 fully saturated rings. The molecular formula is C23H29N3OS. The summed E-state index contributed by atoms with van der Waals surface area (Å²) in [4.78, 5) is 17.3. The van der Waals surface area contributed by atoms with Crippen LogP contribution in [0, 0.1) is 17.2 Å². The Labute approximate surface area is 172 Å². The molecule has 1 aliphatic heterocycles. The lowest BCUT2D eigenvalue weighted by molar-refractivity contribution is -0.134. The first-order valence-corrected chi connectivity index (χ1v) is 11.5. The quantitative estimate of drug-likeness (QED) is 0.731. The van der Waals surface area contributed by atoms with E-state index in [9.17, 15) is 4.79 Å². The van der Waals surface area contributed by atoms with Crippen LogP contribution in [0.5, 0.6) is 0 Å². The molecule has 5 heteroatoms. The molecule has 1 amide bonds. The summed E-state index contributed by atoms with van der Waals surface area (Å²) in [5, 5.41) is 9.90. The van der Waals surface area contributed by atoms with Crippen LogP contribution in [0.2, 0.25) is 0 Å². The van der Waals surface area contributed by atoms with Crippen LogP contribution in [0.15, 0.2) is 36.5 Å². The number of hydrogen-bond donors (Lipinski definition) is 0. The Morgan fingerprint density at radius 1 is 1.18 bits per heavy atom. The molecule has 3 aliphatic rings. The molecule has 1 saturated heterocycles. The first kappa shape index (κ1) is 19.4. The molecule has 2 aliphatic carbocycles. The molecule has 4 nitrogen and oxygen atoms in total. The van der Waals surface area contributed by atoms with Gasteiger partial charge in [-0.1, -0.05) is 31.6 Å². The largest absolute Gasteiger partial charge is 0.371 e. The highest BCUT2D eigenvalue weighted by Crippen LogP contribution is 2.48. The van der Waals surface area contributed by atoms with Gasteiger partial charge in [0.2, 0.25) is 5.91 Å². The minimum Gasteiger partial charge on any atom is -0.371 e. The topological polar surface area (TPSA) is 47.3 Å². The normalized spacial score (nSPS) is 24.8. The Morgan fingerprint density at radius 2 is 1.89 bits per heavy atom. The highest BCUT2D eigenvalue weighted by atomic mass is 32.2. The van der Waals surface area contributed by atoms with Gasteiger partial charge in [-0.25, -0.2) is 0 Å². The van der Waals surface area contributed by atoms with Crippen molar-refractivity contribution in [2.45, 2.75) is 43.3 Å². The third-order valence-corrected chi connectivity index (χ3v) is 7.82. The summed E-state index contributed by atoms with van der Waals surface area (Å²) >= 11 is 2.06. The summed E-state index contributed by atoms with van der Waals surface area (Å²) in [6.07, 6.45) is 6.40. The molecule has 0 bridgehead atoms. The molecule has 1 aromatic rings. The SMILES string of the molecule is C=C(CSC1CCCC1)N1CCN(C(=O)[C@H]2C[C@@H]2c2cccc(C#N)c2)CC1. The minimum absolute atomic E-state index is 0.0987. The van der Waals surface area contributed by atoms with Crippen LogP contribution in [0.1, 0.15) is 49.1 Å². The van der Waals surface area contributed by atoms with Crippen molar-refractivity contribution >= 4 is 17.7 Å². The van der Waals surface area contributed by atoms with E-state index < -0.39 is 0 Å². The molecule has 148 valence electrons. The van der Waals surface area contributed by atoms with Crippen LogP contribution >= 0.6 is 11.8 Å². The number of hydrogen-bond acceptors (Lipinski definition) is 4. The van der Waals surface area contributed by atoms with E-state index in [4.69, 9.17) is 5.26 Å². The average Bonchev–Trinajstić information content (AvgIpc) is 3.38. The van der Waals surface area contributed by atoms with E-state index in [0.29, 0.717) is 5.56 Å². The average molecular weight is 396 g/mol. The van der Waals surface area contributed by atoms with Crippen LogP contribution in [0.4, 0.5) is 0 Å². The standard InChI is InChI=1S/C23H29N3OS/c1-17(16-28-20-7-2-3-8-20)25-9-11-26(12-10-25)23(27)22-14-21(22)19-6-4-5-18(13-19)15-24/h4-6,13,20-22H,1-3,7-12,14,16H2/t21-,22+/m1/s1. The molecule has 0 radical (unpaired) electrons. The zero-order valence-corrected chi connectivity index (χ0v) is 17.3. The molecule has 2 atom stereocenters. The Hall–Kier alpha value is -1.93. The minimum atomic E-state index is 0.0987. The zero-order valence-electron chi connectivity index (χ0n) is 16.5. The van der Waals surface area contributed by atoms with Gasteiger partial charge in [-0.15, -0.1) is 0 Å². The summed E-state index contributed by atoms with van der Waals surface area (Å²) in [6, 6.07) is 9.90. The van der Waals surface area contributed by atoms with E-state index in [1.165, 1.54) is 31.4 Å². The lowest BCUT2D eigenvalue weighted by Crippen LogP contribution is -2.49. The van der Waals surface area contributed by atoms with Gasteiger partial charge >= 0.3 is 0 Å². The second-order valence-electron chi connectivity index (χ2n) is 8.28. The Morgan fingerprint density at radius 3 is 2.61 bits per heavy atom. The highest BCUT2D eigenvalue weighted by molar-refractivity contribution is 8.00.